The Labute approximate surface area is 123 Å². The third-order valence-electron chi connectivity index (χ3n) is 4.27. The fourth-order valence-corrected chi connectivity index (χ4v) is 4.65. The third-order valence-corrected chi connectivity index (χ3v) is 6.55. The summed E-state index contributed by atoms with van der Waals surface area (Å²) in [5.74, 6) is -0.873. The van der Waals surface area contributed by atoms with Crippen molar-refractivity contribution in [1.29, 1.82) is 0 Å². The molecular formula is C15H18FNO3S. The Morgan fingerprint density at radius 2 is 1.95 bits per heavy atom. The summed E-state index contributed by atoms with van der Waals surface area (Å²) in [6.07, 6.45) is 1.17. The Bertz CT molecular complexity index is 736. The molecule has 1 aromatic rings. The van der Waals surface area contributed by atoms with Gasteiger partial charge in [-0.2, -0.15) is 0 Å². The molecule has 0 unspecified atom stereocenters. The molecule has 114 valence electrons. The molecule has 0 spiro atoms. The lowest BCUT2D eigenvalue weighted by molar-refractivity contribution is -0.116. The fourth-order valence-electron chi connectivity index (χ4n) is 2.93. The van der Waals surface area contributed by atoms with E-state index in [1.807, 2.05) is 13.8 Å². The highest BCUT2D eigenvalue weighted by atomic mass is 32.2. The number of fused-ring (bicyclic) bond motifs is 1. The summed E-state index contributed by atoms with van der Waals surface area (Å²) in [7, 11) is -3.62. The molecule has 21 heavy (non-hydrogen) atoms. The number of carbonyl (C=O) groups is 1. The monoisotopic (exact) mass is 311 g/mol. The SMILES string of the molecule is CC(=O)N1CC(C)(C)c2cc(F)c(S(=O)(=O)C3CC3)cc21. The molecule has 1 amide bonds. The molecule has 0 aromatic heterocycles. The summed E-state index contributed by atoms with van der Waals surface area (Å²) in [5, 5.41) is -0.467. The van der Waals surface area contributed by atoms with Crippen LogP contribution in [-0.2, 0) is 20.0 Å². The maximum atomic E-state index is 14.3. The Kier molecular flexibility index (Phi) is 2.96. The summed E-state index contributed by atoms with van der Waals surface area (Å²) in [6, 6.07) is 2.63. The van der Waals surface area contributed by atoms with Crippen LogP contribution in [0.4, 0.5) is 10.1 Å². The molecule has 2 aliphatic rings. The van der Waals surface area contributed by atoms with E-state index >= 15 is 0 Å². The first kappa shape index (κ1) is 14.5. The number of nitrogens with zero attached hydrogens (tertiary/aromatic N) is 1. The van der Waals surface area contributed by atoms with Gasteiger partial charge in [0.05, 0.1) is 5.25 Å². The Morgan fingerprint density at radius 1 is 1.33 bits per heavy atom. The van der Waals surface area contributed by atoms with Crippen LogP contribution in [0.25, 0.3) is 0 Å². The van der Waals surface area contributed by atoms with E-state index in [4.69, 9.17) is 0 Å². The average molecular weight is 311 g/mol. The van der Waals surface area contributed by atoms with Crippen LogP contribution in [0, 0.1) is 5.82 Å². The summed E-state index contributed by atoms with van der Waals surface area (Å²) < 4.78 is 38.9. The highest BCUT2D eigenvalue weighted by molar-refractivity contribution is 7.92. The Hall–Kier alpha value is -1.43. The third kappa shape index (κ3) is 2.16. The second kappa shape index (κ2) is 4.29. The zero-order valence-corrected chi connectivity index (χ0v) is 13.1. The van der Waals surface area contributed by atoms with Gasteiger partial charge in [0.15, 0.2) is 9.84 Å². The Balaban J connectivity index is 2.20. The largest absolute Gasteiger partial charge is 0.311 e. The predicted octanol–water partition coefficient (Wildman–Crippen LogP) is 2.41. The summed E-state index contributed by atoms with van der Waals surface area (Å²) in [6.45, 7) is 5.71. The molecule has 4 nitrogen and oxygen atoms in total. The number of rotatable bonds is 2. The van der Waals surface area contributed by atoms with E-state index in [1.165, 1.54) is 24.0 Å². The van der Waals surface area contributed by atoms with E-state index < -0.39 is 20.9 Å². The van der Waals surface area contributed by atoms with Crippen molar-refractivity contribution in [3.8, 4) is 0 Å². The number of anilines is 1. The first-order chi connectivity index (χ1) is 9.64. The predicted molar refractivity (Wildman–Crippen MR) is 77.7 cm³/mol. The van der Waals surface area contributed by atoms with Crippen molar-refractivity contribution in [2.45, 2.75) is 49.2 Å². The van der Waals surface area contributed by atoms with Crippen LogP contribution >= 0.6 is 0 Å². The maximum absolute atomic E-state index is 14.3. The minimum atomic E-state index is -3.62. The fraction of sp³-hybridized carbons (Fsp3) is 0.533. The van der Waals surface area contributed by atoms with Crippen LogP contribution in [0.2, 0.25) is 0 Å². The number of sulfone groups is 1. The molecule has 0 bridgehead atoms. The lowest BCUT2D eigenvalue weighted by atomic mass is 9.87. The number of hydrogen-bond acceptors (Lipinski definition) is 3. The van der Waals surface area contributed by atoms with Gasteiger partial charge in [-0.3, -0.25) is 4.79 Å². The van der Waals surface area contributed by atoms with Crippen LogP contribution in [0.5, 0.6) is 0 Å². The molecule has 0 N–H and O–H groups in total. The van der Waals surface area contributed by atoms with E-state index in [2.05, 4.69) is 0 Å². The van der Waals surface area contributed by atoms with E-state index in [-0.39, 0.29) is 16.2 Å². The van der Waals surface area contributed by atoms with E-state index in [0.717, 1.165) is 0 Å². The van der Waals surface area contributed by atoms with E-state index in [0.29, 0.717) is 30.6 Å². The lowest BCUT2D eigenvalue weighted by Gasteiger charge is -2.19. The van der Waals surface area contributed by atoms with Gasteiger partial charge < -0.3 is 4.90 Å². The van der Waals surface area contributed by atoms with Crippen molar-refractivity contribution in [1.82, 2.24) is 0 Å². The van der Waals surface area contributed by atoms with Gasteiger partial charge in [-0.05, 0) is 30.5 Å². The van der Waals surface area contributed by atoms with Crippen molar-refractivity contribution in [3.05, 3.63) is 23.5 Å². The van der Waals surface area contributed by atoms with Crippen molar-refractivity contribution < 1.29 is 17.6 Å². The summed E-state index contributed by atoms with van der Waals surface area (Å²) >= 11 is 0. The lowest BCUT2D eigenvalue weighted by Crippen LogP contribution is -2.32. The van der Waals surface area contributed by atoms with Gasteiger partial charge >= 0.3 is 0 Å². The molecule has 0 atom stereocenters. The van der Waals surface area contributed by atoms with E-state index in [1.54, 1.807) is 0 Å². The molecule has 1 aliphatic carbocycles. The topological polar surface area (TPSA) is 54.5 Å². The van der Waals surface area contributed by atoms with Crippen molar-refractivity contribution in [2.75, 3.05) is 11.4 Å². The second-order valence-electron chi connectivity index (χ2n) is 6.53. The van der Waals surface area contributed by atoms with Crippen molar-refractivity contribution in [2.24, 2.45) is 0 Å². The number of hydrogen-bond donors (Lipinski definition) is 0. The molecule has 3 rings (SSSR count). The smallest absolute Gasteiger partial charge is 0.223 e. The van der Waals surface area contributed by atoms with Gasteiger partial charge in [-0.1, -0.05) is 13.8 Å². The standard InChI is InChI=1S/C15H18FNO3S/c1-9(18)17-8-15(2,3)11-6-12(16)14(7-13(11)17)21(19,20)10-4-5-10/h6-7,10H,4-5,8H2,1-3H3. The average Bonchev–Trinajstić information content (AvgIpc) is 3.16. The van der Waals surface area contributed by atoms with Gasteiger partial charge in [0, 0.05) is 24.6 Å². The van der Waals surface area contributed by atoms with Gasteiger partial charge in [0.2, 0.25) is 5.91 Å². The number of amides is 1. The molecular weight excluding hydrogens is 293 g/mol. The summed E-state index contributed by atoms with van der Waals surface area (Å²) in [4.78, 5) is 13.0. The van der Waals surface area contributed by atoms with Crippen LogP contribution in [0.15, 0.2) is 17.0 Å². The maximum Gasteiger partial charge on any atom is 0.223 e. The molecule has 0 saturated heterocycles. The zero-order valence-electron chi connectivity index (χ0n) is 12.3. The minimum absolute atomic E-state index is 0.164. The van der Waals surface area contributed by atoms with Gasteiger partial charge in [-0.25, -0.2) is 12.8 Å². The minimum Gasteiger partial charge on any atom is -0.311 e. The number of halogens is 1. The Morgan fingerprint density at radius 3 is 2.48 bits per heavy atom. The first-order valence-electron chi connectivity index (χ1n) is 7.00. The molecule has 6 heteroatoms. The highest BCUT2D eigenvalue weighted by Crippen LogP contribution is 2.44. The van der Waals surface area contributed by atoms with Crippen LogP contribution in [0.1, 0.15) is 39.2 Å². The molecule has 1 fully saturated rings. The van der Waals surface area contributed by atoms with Crippen LogP contribution < -0.4 is 4.90 Å². The first-order valence-corrected chi connectivity index (χ1v) is 8.55. The van der Waals surface area contributed by atoms with Crippen LogP contribution in [-0.4, -0.2) is 26.1 Å². The zero-order chi connectivity index (χ0) is 15.6. The highest BCUT2D eigenvalue weighted by Gasteiger charge is 2.42. The van der Waals surface area contributed by atoms with Gasteiger partial charge in [0.1, 0.15) is 10.7 Å². The molecule has 1 saturated carbocycles. The molecule has 1 heterocycles. The molecule has 1 aliphatic heterocycles. The normalized spacial score (nSPS) is 20.5. The van der Waals surface area contributed by atoms with Gasteiger partial charge in [-0.15, -0.1) is 0 Å². The number of benzene rings is 1. The van der Waals surface area contributed by atoms with Gasteiger partial charge in [0.25, 0.3) is 0 Å². The van der Waals surface area contributed by atoms with Crippen molar-refractivity contribution in [3.63, 3.8) is 0 Å². The second-order valence-corrected chi connectivity index (χ2v) is 8.73. The molecule has 0 radical (unpaired) electrons. The number of carbonyl (C=O) groups excluding carboxylic acids is 1. The quantitative estimate of drug-likeness (QED) is 0.843. The van der Waals surface area contributed by atoms with E-state index in [9.17, 15) is 17.6 Å². The van der Waals surface area contributed by atoms with Crippen LogP contribution in [0.3, 0.4) is 0 Å². The van der Waals surface area contributed by atoms with Crippen molar-refractivity contribution >= 4 is 21.4 Å². The summed E-state index contributed by atoms with van der Waals surface area (Å²) in [5.41, 5.74) is 0.821. The molecule has 1 aromatic carbocycles.